The van der Waals surface area contributed by atoms with Crippen LogP contribution < -0.4 is 4.72 Å². The largest absolute Gasteiger partial charge is 0.392 e. The first-order chi connectivity index (χ1) is 8.29. The topological polar surface area (TPSA) is 66.4 Å². The highest BCUT2D eigenvalue weighted by atomic mass is 35.5. The SMILES string of the molecule is CC1(NS(=O)(=O)c2ccc(Cl)c(CO)c2Cl)CC1. The molecule has 2 N–H and O–H groups in total. The standard InChI is InChI=1S/C11H13Cl2NO3S/c1-11(4-5-11)14-18(16,17)9-3-2-8(12)7(6-15)10(9)13/h2-3,14-15H,4-6H2,1H3. The molecule has 0 bridgehead atoms. The minimum absolute atomic E-state index is 0.0262. The number of halogens is 2. The van der Waals surface area contributed by atoms with Crippen LogP contribution in [0.15, 0.2) is 17.0 Å². The maximum atomic E-state index is 12.2. The molecule has 1 aliphatic rings. The van der Waals surface area contributed by atoms with Crippen molar-refractivity contribution in [1.29, 1.82) is 0 Å². The first-order valence-electron chi connectivity index (χ1n) is 5.41. The van der Waals surface area contributed by atoms with E-state index in [-0.39, 0.29) is 26.0 Å². The van der Waals surface area contributed by atoms with E-state index in [1.54, 1.807) is 0 Å². The number of aliphatic hydroxyl groups excluding tert-OH is 1. The van der Waals surface area contributed by atoms with Gasteiger partial charge in [-0.15, -0.1) is 0 Å². The molecular formula is C11H13Cl2NO3S. The van der Waals surface area contributed by atoms with Gasteiger partial charge < -0.3 is 5.11 Å². The quantitative estimate of drug-likeness (QED) is 0.897. The molecule has 0 unspecified atom stereocenters. The number of rotatable bonds is 4. The molecule has 1 fully saturated rings. The smallest absolute Gasteiger partial charge is 0.242 e. The summed E-state index contributed by atoms with van der Waals surface area (Å²) in [5.41, 5.74) is -0.150. The third kappa shape index (κ3) is 2.65. The van der Waals surface area contributed by atoms with Crippen molar-refractivity contribution in [1.82, 2.24) is 4.72 Å². The molecule has 1 aliphatic carbocycles. The monoisotopic (exact) mass is 309 g/mol. The van der Waals surface area contributed by atoms with Crippen molar-refractivity contribution >= 4 is 33.2 Å². The zero-order valence-electron chi connectivity index (χ0n) is 9.70. The zero-order chi connectivity index (χ0) is 13.6. The van der Waals surface area contributed by atoms with Gasteiger partial charge in [0.15, 0.2) is 0 Å². The Morgan fingerprint density at radius 2 is 2.00 bits per heavy atom. The Balaban J connectivity index is 2.45. The van der Waals surface area contributed by atoms with Gasteiger partial charge in [-0.2, -0.15) is 0 Å². The maximum Gasteiger partial charge on any atom is 0.242 e. The van der Waals surface area contributed by atoms with Crippen LogP contribution in [-0.4, -0.2) is 19.1 Å². The summed E-state index contributed by atoms with van der Waals surface area (Å²) >= 11 is 11.8. The minimum Gasteiger partial charge on any atom is -0.392 e. The van der Waals surface area contributed by atoms with Crippen LogP contribution >= 0.6 is 23.2 Å². The number of aliphatic hydroxyl groups is 1. The van der Waals surface area contributed by atoms with E-state index >= 15 is 0 Å². The molecule has 1 saturated carbocycles. The van der Waals surface area contributed by atoms with Crippen LogP contribution in [-0.2, 0) is 16.6 Å². The maximum absolute atomic E-state index is 12.2. The molecule has 1 aromatic rings. The summed E-state index contributed by atoms with van der Waals surface area (Å²) < 4.78 is 26.9. The molecule has 4 nitrogen and oxygen atoms in total. The molecule has 0 amide bonds. The molecule has 0 heterocycles. The van der Waals surface area contributed by atoms with Crippen molar-refractivity contribution in [2.45, 2.75) is 36.8 Å². The summed E-state index contributed by atoms with van der Waals surface area (Å²) in [6.45, 7) is 1.43. The van der Waals surface area contributed by atoms with Crippen LogP contribution in [0.3, 0.4) is 0 Å². The van der Waals surface area contributed by atoms with Crippen LogP contribution in [0.1, 0.15) is 25.3 Å². The third-order valence-electron chi connectivity index (χ3n) is 2.98. The van der Waals surface area contributed by atoms with Gasteiger partial charge in [0.05, 0.1) is 11.6 Å². The van der Waals surface area contributed by atoms with Crippen LogP contribution in [0.2, 0.25) is 10.0 Å². The average molecular weight is 310 g/mol. The van der Waals surface area contributed by atoms with Gasteiger partial charge in [0.25, 0.3) is 0 Å². The molecule has 100 valence electrons. The second-order valence-electron chi connectivity index (χ2n) is 4.66. The second kappa shape index (κ2) is 4.65. The van der Waals surface area contributed by atoms with Gasteiger partial charge in [0.2, 0.25) is 10.0 Å². The molecule has 2 rings (SSSR count). The Bertz CT molecular complexity index is 582. The van der Waals surface area contributed by atoms with E-state index in [1.807, 2.05) is 6.92 Å². The van der Waals surface area contributed by atoms with Gasteiger partial charge in [0, 0.05) is 16.1 Å². The summed E-state index contributed by atoms with van der Waals surface area (Å²) in [6.07, 6.45) is 1.62. The number of nitrogens with one attached hydrogen (secondary N) is 1. The van der Waals surface area contributed by atoms with Crippen LogP contribution in [0.4, 0.5) is 0 Å². The fraction of sp³-hybridized carbons (Fsp3) is 0.455. The zero-order valence-corrected chi connectivity index (χ0v) is 12.0. The lowest BCUT2D eigenvalue weighted by atomic mass is 10.2. The summed E-state index contributed by atoms with van der Waals surface area (Å²) in [5.74, 6) is 0. The fourth-order valence-electron chi connectivity index (χ4n) is 1.60. The van der Waals surface area contributed by atoms with Crippen molar-refractivity contribution in [2.75, 3.05) is 0 Å². The summed E-state index contributed by atoms with van der Waals surface area (Å²) in [7, 11) is -3.69. The third-order valence-corrected chi connectivity index (χ3v) is 5.56. The summed E-state index contributed by atoms with van der Waals surface area (Å²) in [4.78, 5) is -0.0502. The first-order valence-corrected chi connectivity index (χ1v) is 7.65. The molecule has 0 atom stereocenters. The van der Waals surface area contributed by atoms with Crippen molar-refractivity contribution in [3.63, 3.8) is 0 Å². The highest BCUT2D eigenvalue weighted by molar-refractivity contribution is 7.89. The van der Waals surface area contributed by atoms with E-state index in [1.165, 1.54) is 12.1 Å². The number of hydrogen-bond acceptors (Lipinski definition) is 3. The highest BCUT2D eigenvalue weighted by Crippen LogP contribution is 2.38. The fourth-order valence-corrected chi connectivity index (χ4v) is 3.96. The highest BCUT2D eigenvalue weighted by Gasteiger charge is 2.41. The van der Waals surface area contributed by atoms with E-state index in [4.69, 9.17) is 28.3 Å². The van der Waals surface area contributed by atoms with E-state index in [0.717, 1.165) is 12.8 Å². The normalized spacial score (nSPS) is 17.8. The minimum atomic E-state index is -3.69. The number of hydrogen-bond donors (Lipinski definition) is 2. The molecule has 7 heteroatoms. The molecule has 0 spiro atoms. The van der Waals surface area contributed by atoms with Crippen molar-refractivity contribution in [2.24, 2.45) is 0 Å². The summed E-state index contributed by atoms with van der Waals surface area (Å²) in [5, 5.41) is 9.37. The van der Waals surface area contributed by atoms with Gasteiger partial charge in [-0.25, -0.2) is 13.1 Å². The van der Waals surface area contributed by atoms with Crippen molar-refractivity contribution in [3.8, 4) is 0 Å². The van der Waals surface area contributed by atoms with E-state index < -0.39 is 16.6 Å². The predicted octanol–water partition coefficient (Wildman–Crippen LogP) is 2.32. The molecule has 0 aromatic heterocycles. The van der Waals surface area contributed by atoms with E-state index in [9.17, 15) is 8.42 Å². The molecule has 18 heavy (non-hydrogen) atoms. The lowest BCUT2D eigenvalue weighted by Gasteiger charge is -2.15. The Morgan fingerprint density at radius 3 is 2.50 bits per heavy atom. The Morgan fingerprint density at radius 1 is 1.39 bits per heavy atom. The first kappa shape index (κ1) is 14.1. The molecule has 0 aliphatic heterocycles. The Labute approximate surface area is 116 Å². The molecule has 0 radical (unpaired) electrons. The van der Waals surface area contributed by atoms with Gasteiger partial charge in [0.1, 0.15) is 4.90 Å². The average Bonchev–Trinajstić information content (AvgIpc) is 2.94. The molecular weight excluding hydrogens is 297 g/mol. The predicted molar refractivity (Wildman–Crippen MR) is 70.3 cm³/mol. The van der Waals surface area contributed by atoms with Crippen molar-refractivity contribution < 1.29 is 13.5 Å². The van der Waals surface area contributed by atoms with Crippen molar-refractivity contribution in [3.05, 3.63) is 27.7 Å². The van der Waals surface area contributed by atoms with Gasteiger partial charge in [-0.3, -0.25) is 0 Å². The van der Waals surface area contributed by atoms with Crippen LogP contribution in [0.5, 0.6) is 0 Å². The number of benzene rings is 1. The Kier molecular flexibility index (Phi) is 3.64. The van der Waals surface area contributed by atoms with Crippen LogP contribution in [0, 0.1) is 0 Å². The van der Waals surface area contributed by atoms with Gasteiger partial charge >= 0.3 is 0 Å². The second-order valence-corrected chi connectivity index (χ2v) is 7.10. The Hall–Kier alpha value is -0.330. The lowest BCUT2D eigenvalue weighted by molar-refractivity contribution is 0.281. The van der Waals surface area contributed by atoms with Gasteiger partial charge in [-0.1, -0.05) is 23.2 Å². The van der Waals surface area contributed by atoms with E-state index in [2.05, 4.69) is 4.72 Å². The number of sulfonamides is 1. The molecule has 1 aromatic carbocycles. The van der Waals surface area contributed by atoms with Crippen LogP contribution in [0.25, 0.3) is 0 Å². The van der Waals surface area contributed by atoms with Gasteiger partial charge in [-0.05, 0) is 31.9 Å². The molecule has 0 saturated heterocycles. The van der Waals surface area contributed by atoms with E-state index in [0.29, 0.717) is 0 Å². The lowest BCUT2D eigenvalue weighted by Crippen LogP contribution is -2.34. The summed E-state index contributed by atoms with van der Waals surface area (Å²) in [6, 6.07) is 2.76.